The van der Waals surface area contributed by atoms with Crippen LogP contribution in [0.2, 0.25) is 0 Å². The van der Waals surface area contributed by atoms with E-state index >= 15 is 0 Å². The van der Waals surface area contributed by atoms with Gasteiger partial charge in [-0.2, -0.15) is 13.1 Å². The van der Waals surface area contributed by atoms with Crippen LogP contribution in [0.1, 0.15) is 5.56 Å². The van der Waals surface area contributed by atoms with E-state index in [9.17, 15) is 21.6 Å². The molecule has 0 aromatic heterocycles. The summed E-state index contributed by atoms with van der Waals surface area (Å²) in [6, 6.07) is 6.19. The van der Waals surface area contributed by atoms with Gasteiger partial charge >= 0.3 is 10.2 Å². The minimum Gasteiger partial charge on any atom is -0.224 e. The first-order valence-corrected chi connectivity index (χ1v) is 8.24. The van der Waals surface area contributed by atoms with Crippen LogP contribution in [0.4, 0.5) is 0 Å². The largest absolute Gasteiger partial charge is 0.330 e. The topological polar surface area (TPSA) is 110 Å². The molecule has 0 bridgehead atoms. The highest BCUT2D eigenvalue weighted by Crippen LogP contribution is 2.11. The van der Waals surface area contributed by atoms with Crippen LogP contribution in [0.3, 0.4) is 0 Å². The average Bonchev–Trinajstić information content (AvgIpc) is 2.28. The minimum absolute atomic E-state index is 0.108. The second-order valence-electron chi connectivity index (χ2n) is 3.68. The number of hydrogen-bond donors (Lipinski definition) is 1. The van der Waals surface area contributed by atoms with E-state index in [1.807, 2.05) is 11.6 Å². The van der Waals surface area contributed by atoms with Crippen LogP contribution in [0.25, 0.3) is 0 Å². The molecule has 104 valence electrons. The van der Waals surface area contributed by atoms with Crippen LogP contribution in [-0.2, 0) is 24.8 Å². The zero-order chi connectivity index (χ0) is 14.5. The third-order valence-corrected chi connectivity index (χ3v) is 4.81. The van der Waals surface area contributed by atoms with Crippen molar-refractivity contribution in [2.75, 3.05) is 12.3 Å². The minimum atomic E-state index is -4.16. The fourth-order valence-corrected chi connectivity index (χ4v) is 3.06. The summed E-state index contributed by atoms with van der Waals surface area (Å²) in [5.74, 6) is -0.427. The van der Waals surface area contributed by atoms with Gasteiger partial charge in [0.25, 0.3) is 6.08 Å². The van der Waals surface area contributed by atoms with Crippen LogP contribution in [0.5, 0.6) is 0 Å². The molecule has 0 unspecified atom stereocenters. The maximum atomic E-state index is 11.8. The van der Waals surface area contributed by atoms with Crippen molar-refractivity contribution in [2.45, 2.75) is 11.8 Å². The highest BCUT2D eigenvalue weighted by atomic mass is 32.2. The molecule has 0 aliphatic carbocycles. The van der Waals surface area contributed by atoms with E-state index in [1.54, 1.807) is 12.1 Å². The molecule has 0 fully saturated rings. The standard InChI is InChI=1S/C10H12N2O5S2/c1-9-2-4-10(5-3-9)18(14,15)7-6-11-19(16,17)12-8-13/h2-5,11H,6-7H2,1H3. The van der Waals surface area contributed by atoms with Crippen LogP contribution in [0, 0.1) is 6.92 Å². The van der Waals surface area contributed by atoms with E-state index in [-0.39, 0.29) is 11.4 Å². The quantitative estimate of drug-likeness (QED) is 0.585. The van der Waals surface area contributed by atoms with E-state index in [0.29, 0.717) is 0 Å². The third kappa shape index (κ3) is 4.92. The summed E-state index contributed by atoms with van der Waals surface area (Å²) in [6.45, 7) is 1.45. The predicted octanol–water partition coefficient (Wildman–Crippen LogP) is -0.0611. The van der Waals surface area contributed by atoms with Crippen molar-refractivity contribution >= 4 is 26.1 Å². The molecule has 1 N–H and O–H groups in total. The highest BCUT2D eigenvalue weighted by Gasteiger charge is 2.15. The first kappa shape index (κ1) is 15.5. The van der Waals surface area contributed by atoms with Gasteiger partial charge < -0.3 is 0 Å². The molecular weight excluding hydrogens is 292 g/mol. The summed E-state index contributed by atoms with van der Waals surface area (Å²) in [5, 5.41) is 0. The van der Waals surface area contributed by atoms with Gasteiger partial charge in [0.2, 0.25) is 0 Å². The van der Waals surface area contributed by atoms with Crippen molar-refractivity contribution in [3.63, 3.8) is 0 Å². The van der Waals surface area contributed by atoms with Crippen molar-refractivity contribution in [3.8, 4) is 0 Å². The van der Waals surface area contributed by atoms with Gasteiger partial charge in [0.15, 0.2) is 9.84 Å². The number of isocyanates is 1. The van der Waals surface area contributed by atoms with E-state index in [0.717, 1.165) is 11.6 Å². The maximum Gasteiger partial charge on any atom is 0.330 e. The van der Waals surface area contributed by atoms with Crippen molar-refractivity contribution < 1.29 is 21.6 Å². The number of sulfone groups is 1. The van der Waals surface area contributed by atoms with Crippen LogP contribution in [0.15, 0.2) is 33.6 Å². The Labute approximate surface area is 111 Å². The Hall–Kier alpha value is -1.54. The van der Waals surface area contributed by atoms with Crippen LogP contribution in [-0.4, -0.2) is 35.2 Å². The summed E-state index contributed by atoms with van der Waals surface area (Å²) < 4.78 is 50.0. The Morgan fingerprint density at radius 2 is 1.74 bits per heavy atom. The van der Waals surface area contributed by atoms with Crippen LogP contribution < -0.4 is 4.72 Å². The number of nitrogens with zero attached hydrogens (tertiary/aromatic N) is 1. The van der Waals surface area contributed by atoms with Gasteiger partial charge in [-0.3, -0.25) is 0 Å². The lowest BCUT2D eigenvalue weighted by Crippen LogP contribution is -2.27. The summed E-state index contributed by atoms with van der Waals surface area (Å²) in [7, 11) is -7.74. The van der Waals surface area contributed by atoms with E-state index in [1.165, 1.54) is 12.1 Å². The van der Waals surface area contributed by atoms with E-state index in [2.05, 4.69) is 4.40 Å². The molecule has 19 heavy (non-hydrogen) atoms. The Morgan fingerprint density at radius 1 is 1.16 bits per heavy atom. The molecule has 1 aromatic carbocycles. The Morgan fingerprint density at radius 3 is 2.26 bits per heavy atom. The molecule has 9 heteroatoms. The molecule has 0 aliphatic heterocycles. The van der Waals surface area contributed by atoms with Gasteiger partial charge in [0.1, 0.15) is 0 Å². The molecule has 1 rings (SSSR count). The zero-order valence-corrected chi connectivity index (χ0v) is 11.7. The number of hydrogen-bond acceptors (Lipinski definition) is 5. The fourth-order valence-electron chi connectivity index (χ4n) is 1.25. The lowest BCUT2D eigenvalue weighted by molar-refractivity contribution is 0.562. The molecule has 0 saturated heterocycles. The third-order valence-electron chi connectivity index (χ3n) is 2.19. The zero-order valence-electron chi connectivity index (χ0n) is 10.0. The number of carbonyl (C=O) groups excluding carboxylic acids is 1. The predicted molar refractivity (Wildman–Crippen MR) is 68.3 cm³/mol. The molecule has 0 saturated carbocycles. The Bertz CT molecular complexity index is 686. The average molecular weight is 304 g/mol. The number of nitrogens with one attached hydrogen (secondary N) is 1. The SMILES string of the molecule is Cc1ccc(S(=O)(=O)CCNS(=O)(=O)N=C=O)cc1. The van der Waals surface area contributed by atoms with Crippen molar-refractivity contribution in [1.82, 2.24) is 4.72 Å². The van der Waals surface area contributed by atoms with Gasteiger partial charge in [0.05, 0.1) is 10.6 Å². The maximum absolute atomic E-state index is 11.8. The summed E-state index contributed by atoms with van der Waals surface area (Å²) in [5.41, 5.74) is 0.917. The van der Waals surface area contributed by atoms with Crippen LogP contribution >= 0.6 is 0 Å². The lowest BCUT2D eigenvalue weighted by atomic mass is 10.2. The molecule has 0 radical (unpaired) electrons. The van der Waals surface area contributed by atoms with Crippen molar-refractivity contribution in [2.24, 2.45) is 4.40 Å². The van der Waals surface area contributed by atoms with E-state index in [4.69, 9.17) is 0 Å². The number of aryl methyl sites for hydroxylation is 1. The Kier molecular flexibility index (Phi) is 4.96. The second kappa shape index (κ2) is 6.07. The number of benzene rings is 1. The van der Waals surface area contributed by atoms with Gasteiger partial charge in [-0.1, -0.05) is 22.1 Å². The molecule has 0 spiro atoms. The van der Waals surface area contributed by atoms with Gasteiger partial charge in [-0.25, -0.2) is 13.2 Å². The number of rotatable bonds is 6. The van der Waals surface area contributed by atoms with Crippen molar-refractivity contribution in [1.29, 1.82) is 0 Å². The first-order valence-electron chi connectivity index (χ1n) is 5.15. The smallest absolute Gasteiger partial charge is 0.224 e. The van der Waals surface area contributed by atoms with Gasteiger partial charge in [-0.15, -0.1) is 0 Å². The summed E-state index contributed by atoms with van der Waals surface area (Å²) in [4.78, 5) is 9.91. The fraction of sp³-hybridized carbons (Fsp3) is 0.300. The molecular formula is C10H12N2O5S2. The monoisotopic (exact) mass is 304 g/mol. The highest BCUT2D eigenvalue weighted by molar-refractivity contribution is 7.91. The summed E-state index contributed by atoms with van der Waals surface area (Å²) >= 11 is 0. The summed E-state index contributed by atoms with van der Waals surface area (Å²) in [6.07, 6.45) is 0.869. The first-order chi connectivity index (χ1) is 8.77. The molecule has 0 aliphatic rings. The van der Waals surface area contributed by atoms with Gasteiger partial charge in [0, 0.05) is 6.54 Å². The van der Waals surface area contributed by atoms with Crippen molar-refractivity contribution in [3.05, 3.63) is 29.8 Å². The second-order valence-corrected chi connectivity index (χ2v) is 7.21. The van der Waals surface area contributed by atoms with Gasteiger partial charge in [-0.05, 0) is 19.1 Å². The van der Waals surface area contributed by atoms with E-state index < -0.39 is 25.8 Å². The normalized spacial score (nSPS) is 11.8. The molecule has 1 aromatic rings. The Balaban J connectivity index is 2.72. The molecule has 0 heterocycles. The molecule has 0 amide bonds. The molecule has 7 nitrogen and oxygen atoms in total. The lowest BCUT2D eigenvalue weighted by Gasteiger charge is -2.04. The molecule has 0 atom stereocenters.